The predicted molar refractivity (Wildman–Crippen MR) is 109 cm³/mol. The molecule has 3 amide bonds. The summed E-state index contributed by atoms with van der Waals surface area (Å²) in [4.78, 5) is 70.9. The first-order chi connectivity index (χ1) is 14.5. The van der Waals surface area contributed by atoms with Crippen LogP contribution in [-0.2, 0) is 35.3 Å². The van der Waals surface area contributed by atoms with Crippen LogP contribution in [-0.4, -0.2) is 84.2 Å². The second-order valence-corrected chi connectivity index (χ2v) is 6.23. The minimum atomic E-state index is -1.25. The van der Waals surface area contributed by atoms with Crippen molar-refractivity contribution in [2.24, 2.45) is 0 Å². The number of hydroxylamine groups is 2. The molecule has 3 N–H and O–H groups in total. The van der Waals surface area contributed by atoms with Crippen molar-refractivity contribution >= 4 is 64.8 Å². The predicted octanol–water partition coefficient (Wildman–Crippen LogP) is -2.71. The molecular formula is C14H18B3N5O8S. The first kappa shape index (κ1) is 26.4. The number of carbonyl (C=O) groups excluding carboxylic acids is 5. The molecule has 0 saturated carbocycles. The third-order valence-corrected chi connectivity index (χ3v) is 3.70. The Morgan fingerprint density at radius 1 is 1.32 bits per heavy atom. The number of nitrogens with one attached hydrogen (secondary N) is 2. The lowest BCUT2D eigenvalue weighted by molar-refractivity contribution is -0.198. The summed E-state index contributed by atoms with van der Waals surface area (Å²) in [6, 6.07) is -1.25. The van der Waals surface area contributed by atoms with Crippen molar-refractivity contribution in [3.05, 3.63) is 18.2 Å². The van der Waals surface area contributed by atoms with E-state index in [0.29, 0.717) is 10.8 Å². The third kappa shape index (κ3) is 9.38. The van der Waals surface area contributed by atoms with E-state index in [4.69, 9.17) is 12.7 Å². The first-order valence-electron chi connectivity index (χ1n) is 8.68. The number of rotatable bonds is 9. The van der Waals surface area contributed by atoms with E-state index in [1.54, 1.807) is 0 Å². The van der Waals surface area contributed by atoms with Gasteiger partial charge in [0.15, 0.2) is 13.7 Å². The van der Waals surface area contributed by atoms with Crippen molar-refractivity contribution in [2.45, 2.75) is 32.1 Å². The largest absolute Gasteiger partial charge is 0.432 e. The Morgan fingerprint density at radius 3 is 2.35 bits per heavy atom. The van der Waals surface area contributed by atoms with E-state index in [-0.39, 0.29) is 25.9 Å². The highest BCUT2D eigenvalue weighted by atomic mass is 32.1. The number of imide groups is 1. The molecule has 0 spiro atoms. The SMILES string of the molecule is [B]C(=O)CONS.[B]C(=O)NC(Cc1cn(B(C)O)cn1)C(=O)ON1C(=O)CCC1=O. The second kappa shape index (κ2) is 12.9. The van der Waals surface area contributed by atoms with Gasteiger partial charge in [0.2, 0.25) is 7.85 Å². The summed E-state index contributed by atoms with van der Waals surface area (Å²) in [6.07, 6.45) is 2.63. The molecule has 1 saturated heterocycles. The molecule has 1 aliphatic heterocycles. The van der Waals surface area contributed by atoms with Gasteiger partial charge in [-0.1, -0.05) is 12.8 Å². The van der Waals surface area contributed by atoms with Crippen LogP contribution in [0.3, 0.4) is 0 Å². The van der Waals surface area contributed by atoms with E-state index in [1.807, 2.05) is 4.89 Å². The lowest BCUT2D eigenvalue weighted by Crippen LogP contribution is -2.46. The van der Waals surface area contributed by atoms with Crippen molar-refractivity contribution in [3.63, 3.8) is 0 Å². The average Bonchev–Trinajstić information content (AvgIpc) is 3.28. The smallest absolute Gasteiger partial charge is 0.414 e. The summed E-state index contributed by atoms with van der Waals surface area (Å²) in [6.45, 7) is 1.37. The number of nitrogens with zero attached hydrogens (tertiary/aromatic N) is 3. The highest BCUT2D eigenvalue weighted by molar-refractivity contribution is 7.77. The maximum absolute atomic E-state index is 12.1. The second-order valence-electron chi connectivity index (χ2n) is 6.05. The van der Waals surface area contributed by atoms with Gasteiger partial charge in [-0.15, -0.1) is 9.95 Å². The van der Waals surface area contributed by atoms with E-state index >= 15 is 0 Å². The third-order valence-electron chi connectivity index (χ3n) is 3.57. The number of hydrogen-bond donors (Lipinski definition) is 4. The summed E-state index contributed by atoms with van der Waals surface area (Å²) in [7, 11) is 8.85. The van der Waals surface area contributed by atoms with Gasteiger partial charge in [-0.05, 0) is 6.82 Å². The number of hydrogen-bond acceptors (Lipinski definition) is 11. The number of aromatic nitrogens is 2. The Hall–Kier alpha value is -2.62. The fourth-order valence-electron chi connectivity index (χ4n) is 2.18. The Kier molecular flexibility index (Phi) is 11.0. The standard InChI is InChI=1S/C12H14B2N4O6.C2H4BNO2S/c1-14(23)17-5-7(15-6-17)4-8(16-12(13)22)11(21)24-18-9(19)2-3-10(18)20;3-2(5)1-6-4-7/h5-6,8,23H,2-4H2,1H3,(H,16,22);4,7H,1H2. The molecule has 0 aliphatic carbocycles. The summed E-state index contributed by atoms with van der Waals surface area (Å²) in [5.41, 5.74) is -0.160. The Bertz CT molecular complexity index is 808. The summed E-state index contributed by atoms with van der Waals surface area (Å²) >= 11 is 3.42. The van der Waals surface area contributed by atoms with Crippen LogP contribution >= 0.6 is 12.8 Å². The number of amides is 3. The molecule has 31 heavy (non-hydrogen) atoms. The molecule has 1 aromatic rings. The molecule has 1 fully saturated rings. The quantitative estimate of drug-likeness (QED) is 0.135. The van der Waals surface area contributed by atoms with Gasteiger partial charge in [0.05, 0.1) is 12.0 Å². The summed E-state index contributed by atoms with van der Waals surface area (Å²) < 4.78 is 1.38. The Labute approximate surface area is 185 Å². The lowest BCUT2D eigenvalue weighted by atomic mass is 9.88. The zero-order valence-electron chi connectivity index (χ0n) is 16.4. The molecule has 0 aromatic carbocycles. The topological polar surface area (TPSA) is 169 Å². The van der Waals surface area contributed by atoms with Crippen LogP contribution in [0.4, 0.5) is 4.79 Å². The molecular weight excluding hydrogens is 431 g/mol. The molecule has 17 heteroatoms. The van der Waals surface area contributed by atoms with Crippen molar-refractivity contribution < 1.29 is 38.7 Å². The number of imidazole rings is 1. The van der Waals surface area contributed by atoms with Gasteiger partial charge in [-0.2, -0.15) is 0 Å². The van der Waals surface area contributed by atoms with Crippen LogP contribution in [0.15, 0.2) is 12.5 Å². The maximum Gasteiger partial charge on any atom is 0.414 e. The van der Waals surface area contributed by atoms with Crippen LogP contribution in [0.2, 0.25) is 6.82 Å². The molecule has 162 valence electrons. The van der Waals surface area contributed by atoms with E-state index in [2.05, 4.69) is 35.8 Å². The van der Waals surface area contributed by atoms with Gasteiger partial charge in [-0.25, -0.2) is 9.78 Å². The average molecular weight is 449 g/mol. The van der Waals surface area contributed by atoms with Crippen LogP contribution in [0.1, 0.15) is 18.5 Å². The van der Waals surface area contributed by atoms with E-state index in [0.717, 1.165) is 0 Å². The van der Waals surface area contributed by atoms with E-state index < -0.39 is 42.4 Å². The molecule has 1 aliphatic rings. The first-order valence-corrected chi connectivity index (χ1v) is 9.13. The molecule has 2 rings (SSSR count). The van der Waals surface area contributed by atoms with Gasteiger partial charge < -0.3 is 24.5 Å². The molecule has 1 aromatic heterocycles. The normalized spacial score (nSPS) is 13.8. The van der Waals surface area contributed by atoms with Crippen LogP contribution < -0.4 is 10.2 Å². The van der Waals surface area contributed by atoms with Gasteiger partial charge in [0, 0.05) is 25.5 Å². The zero-order valence-corrected chi connectivity index (χ0v) is 17.3. The Morgan fingerprint density at radius 2 is 1.94 bits per heavy atom. The Balaban J connectivity index is 0.000000592. The summed E-state index contributed by atoms with van der Waals surface area (Å²) in [5.74, 6) is -3.27. The monoisotopic (exact) mass is 449 g/mol. The molecule has 4 radical (unpaired) electrons. The number of carbonyl (C=O) groups is 5. The van der Waals surface area contributed by atoms with Gasteiger partial charge >= 0.3 is 13.0 Å². The highest BCUT2D eigenvalue weighted by Crippen LogP contribution is 2.13. The molecule has 13 nitrogen and oxygen atoms in total. The summed E-state index contributed by atoms with van der Waals surface area (Å²) in [5, 5.41) is 12.0. The van der Waals surface area contributed by atoms with Crippen molar-refractivity contribution in [2.75, 3.05) is 6.61 Å². The molecule has 0 bridgehead atoms. The van der Waals surface area contributed by atoms with Crippen molar-refractivity contribution in [3.8, 4) is 0 Å². The highest BCUT2D eigenvalue weighted by Gasteiger charge is 2.35. The van der Waals surface area contributed by atoms with E-state index in [1.165, 1.54) is 23.8 Å². The number of thiol groups is 1. The minimum absolute atomic E-state index is 0.0428. The van der Waals surface area contributed by atoms with Crippen LogP contribution in [0.25, 0.3) is 0 Å². The van der Waals surface area contributed by atoms with Gasteiger partial charge in [-0.3, -0.25) is 19.2 Å². The van der Waals surface area contributed by atoms with Gasteiger partial charge in [0.25, 0.3) is 11.8 Å². The van der Waals surface area contributed by atoms with Crippen LogP contribution in [0.5, 0.6) is 0 Å². The zero-order chi connectivity index (χ0) is 23.6. The molecule has 2 heterocycles. The lowest BCUT2D eigenvalue weighted by Gasteiger charge is -2.19. The fourth-order valence-corrected chi connectivity index (χ4v) is 2.24. The maximum atomic E-state index is 12.1. The van der Waals surface area contributed by atoms with Crippen molar-refractivity contribution in [1.82, 2.24) is 24.7 Å². The van der Waals surface area contributed by atoms with E-state index in [9.17, 15) is 29.0 Å². The molecule has 1 unspecified atom stereocenters. The van der Waals surface area contributed by atoms with Crippen LogP contribution in [0, 0.1) is 0 Å². The van der Waals surface area contributed by atoms with Crippen molar-refractivity contribution in [1.29, 1.82) is 0 Å². The molecule has 1 atom stereocenters. The minimum Gasteiger partial charge on any atom is -0.432 e. The fraction of sp³-hybridized carbons (Fsp3) is 0.429. The van der Waals surface area contributed by atoms with Gasteiger partial charge in [0.1, 0.15) is 18.3 Å².